The number of primary amides is 1. The third kappa shape index (κ3) is 2.70. The van der Waals surface area contributed by atoms with Gasteiger partial charge in [0.2, 0.25) is 5.91 Å². The van der Waals surface area contributed by atoms with Gasteiger partial charge in [0.1, 0.15) is 35.0 Å². The Hall–Kier alpha value is -2.72. The van der Waals surface area contributed by atoms with Crippen molar-refractivity contribution in [2.24, 2.45) is 11.5 Å². The number of carbonyl (C=O) groups is 1. The van der Waals surface area contributed by atoms with Gasteiger partial charge in [0.25, 0.3) is 0 Å². The number of hydrogen-bond donors (Lipinski definition) is 3. The first kappa shape index (κ1) is 20.5. The summed E-state index contributed by atoms with van der Waals surface area (Å²) in [6.07, 6.45) is 0.0514. The van der Waals surface area contributed by atoms with Gasteiger partial charge in [-0.3, -0.25) is 4.79 Å². The molecule has 0 spiro atoms. The SMILES string of the molecule is C[C@]1(C(N)=O)COc2c1cc([C@@](O)(CN)C1(F)CC1)nc2-c1cc(F)c(F)cc1F. The molecule has 1 aromatic carbocycles. The zero-order chi connectivity index (χ0) is 22.1. The van der Waals surface area contributed by atoms with Gasteiger partial charge in [-0.25, -0.2) is 22.5 Å². The van der Waals surface area contributed by atoms with Crippen molar-refractivity contribution in [3.8, 4) is 17.0 Å². The van der Waals surface area contributed by atoms with Crippen LogP contribution in [0.1, 0.15) is 31.0 Å². The highest BCUT2D eigenvalue weighted by Gasteiger charge is 2.62. The van der Waals surface area contributed by atoms with Crippen molar-refractivity contribution in [1.82, 2.24) is 4.98 Å². The van der Waals surface area contributed by atoms with Crippen LogP contribution in [0.4, 0.5) is 17.6 Å². The minimum atomic E-state index is -2.24. The molecule has 10 heteroatoms. The molecular weight excluding hydrogens is 406 g/mol. The Morgan fingerprint density at radius 3 is 2.43 bits per heavy atom. The second kappa shape index (κ2) is 6.39. The molecule has 2 atom stereocenters. The number of nitrogens with zero attached hydrogens (tertiary/aromatic N) is 1. The Balaban J connectivity index is 2.03. The maximum Gasteiger partial charge on any atom is 0.231 e. The average molecular weight is 425 g/mol. The minimum Gasteiger partial charge on any atom is -0.489 e. The summed E-state index contributed by atoms with van der Waals surface area (Å²) < 4.78 is 62.4. The summed E-state index contributed by atoms with van der Waals surface area (Å²) in [6.45, 7) is 0.673. The van der Waals surface area contributed by atoms with Gasteiger partial charge in [-0.1, -0.05) is 0 Å². The van der Waals surface area contributed by atoms with Crippen LogP contribution in [0.15, 0.2) is 18.2 Å². The van der Waals surface area contributed by atoms with Gasteiger partial charge >= 0.3 is 0 Å². The van der Waals surface area contributed by atoms with Crippen LogP contribution in [0.5, 0.6) is 5.75 Å². The fourth-order valence-corrected chi connectivity index (χ4v) is 3.73. The van der Waals surface area contributed by atoms with E-state index >= 15 is 0 Å². The van der Waals surface area contributed by atoms with Crippen LogP contribution in [0.2, 0.25) is 0 Å². The van der Waals surface area contributed by atoms with Crippen LogP contribution >= 0.6 is 0 Å². The van der Waals surface area contributed by atoms with Crippen LogP contribution in [0, 0.1) is 17.5 Å². The Labute approximate surface area is 168 Å². The van der Waals surface area contributed by atoms with E-state index in [4.69, 9.17) is 16.2 Å². The van der Waals surface area contributed by atoms with Crippen LogP contribution in [-0.2, 0) is 15.8 Å². The molecule has 1 fully saturated rings. The summed E-state index contributed by atoms with van der Waals surface area (Å²) in [5.41, 5.74) is 4.51. The van der Waals surface area contributed by atoms with Crippen molar-refractivity contribution in [3.05, 3.63) is 46.9 Å². The number of hydrogen-bond acceptors (Lipinski definition) is 5. The Morgan fingerprint density at radius 1 is 1.23 bits per heavy atom. The lowest BCUT2D eigenvalue weighted by atomic mass is 9.81. The predicted molar refractivity (Wildman–Crippen MR) is 97.6 cm³/mol. The van der Waals surface area contributed by atoms with Crippen molar-refractivity contribution in [1.29, 1.82) is 0 Å². The Bertz CT molecular complexity index is 1080. The van der Waals surface area contributed by atoms with Gasteiger partial charge in [-0.2, -0.15) is 0 Å². The first-order valence-corrected chi connectivity index (χ1v) is 9.22. The van der Waals surface area contributed by atoms with E-state index in [0.29, 0.717) is 12.1 Å². The van der Waals surface area contributed by atoms with Crippen LogP contribution in [-0.4, -0.2) is 34.8 Å². The van der Waals surface area contributed by atoms with Crippen molar-refractivity contribution in [2.45, 2.75) is 36.5 Å². The maximum atomic E-state index is 15.0. The van der Waals surface area contributed by atoms with Crippen molar-refractivity contribution in [2.75, 3.05) is 13.2 Å². The van der Waals surface area contributed by atoms with E-state index in [-0.39, 0.29) is 42.1 Å². The van der Waals surface area contributed by atoms with Gasteiger partial charge in [-0.15, -0.1) is 0 Å². The number of carbonyl (C=O) groups excluding carboxylic acids is 1. The van der Waals surface area contributed by atoms with Gasteiger partial charge in [0, 0.05) is 23.7 Å². The molecule has 0 radical (unpaired) electrons. The molecule has 30 heavy (non-hydrogen) atoms. The lowest BCUT2D eigenvalue weighted by Gasteiger charge is -2.31. The Kier molecular flexibility index (Phi) is 4.37. The summed E-state index contributed by atoms with van der Waals surface area (Å²) in [4.78, 5) is 16.3. The quantitative estimate of drug-likeness (QED) is 0.501. The number of benzene rings is 1. The molecule has 1 aliphatic carbocycles. The van der Waals surface area contributed by atoms with E-state index in [1.807, 2.05) is 0 Å². The topological polar surface area (TPSA) is 111 Å². The molecular formula is C20H19F4N3O3. The highest BCUT2D eigenvalue weighted by atomic mass is 19.2. The highest BCUT2D eigenvalue weighted by molar-refractivity contribution is 5.90. The zero-order valence-electron chi connectivity index (χ0n) is 15.9. The number of alkyl halides is 1. The first-order valence-electron chi connectivity index (χ1n) is 9.22. The Morgan fingerprint density at radius 2 is 1.87 bits per heavy atom. The molecule has 1 saturated carbocycles. The molecule has 0 bridgehead atoms. The molecule has 6 nitrogen and oxygen atoms in total. The van der Waals surface area contributed by atoms with E-state index in [9.17, 15) is 27.5 Å². The highest BCUT2D eigenvalue weighted by Crippen LogP contribution is 2.54. The molecule has 1 aromatic heterocycles. The van der Waals surface area contributed by atoms with Crippen LogP contribution < -0.4 is 16.2 Å². The third-order valence-corrected chi connectivity index (χ3v) is 6.03. The first-order chi connectivity index (χ1) is 14.0. The molecule has 1 aliphatic heterocycles. The number of halogens is 4. The number of aliphatic hydroxyl groups is 1. The molecule has 1 amide bonds. The number of ether oxygens (including phenoxy) is 1. The van der Waals surface area contributed by atoms with Gasteiger partial charge in [0.05, 0.1) is 5.69 Å². The van der Waals surface area contributed by atoms with Crippen LogP contribution in [0.25, 0.3) is 11.3 Å². The summed E-state index contributed by atoms with van der Waals surface area (Å²) >= 11 is 0. The van der Waals surface area contributed by atoms with E-state index < -0.39 is 52.2 Å². The smallest absolute Gasteiger partial charge is 0.231 e. The molecule has 0 saturated heterocycles. The van der Waals surface area contributed by atoms with E-state index in [2.05, 4.69) is 4.98 Å². The lowest BCUT2D eigenvalue weighted by molar-refractivity contribution is -0.123. The zero-order valence-corrected chi connectivity index (χ0v) is 15.9. The molecule has 4 rings (SSSR count). The maximum absolute atomic E-state index is 15.0. The number of aromatic nitrogens is 1. The molecule has 2 aromatic rings. The largest absolute Gasteiger partial charge is 0.489 e. The third-order valence-electron chi connectivity index (χ3n) is 6.03. The van der Waals surface area contributed by atoms with Gasteiger partial charge in [-0.05, 0) is 31.9 Å². The van der Waals surface area contributed by atoms with Crippen LogP contribution in [0.3, 0.4) is 0 Å². The second-order valence-electron chi connectivity index (χ2n) is 7.99. The van der Waals surface area contributed by atoms with Crippen molar-refractivity contribution >= 4 is 5.91 Å². The number of fused-ring (bicyclic) bond motifs is 1. The normalized spacial score (nSPS) is 23.4. The average Bonchev–Trinajstić information content (AvgIpc) is 3.37. The summed E-state index contributed by atoms with van der Waals surface area (Å²) in [7, 11) is 0. The van der Waals surface area contributed by atoms with Gasteiger partial charge in [0.15, 0.2) is 17.2 Å². The lowest BCUT2D eigenvalue weighted by Crippen LogP contribution is -2.46. The number of rotatable bonds is 5. The van der Waals surface area contributed by atoms with E-state index in [0.717, 1.165) is 0 Å². The van der Waals surface area contributed by atoms with Crippen molar-refractivity contribution < 1.29 is 32.2 Å². The molecule has 0 unspecified atom stereocenters. The molecule has 5 N–H and O–H groups in total. The number of amides is 1. The van der Waals surface area contributed by atoms with Crippen molar-refractivity contribution in [3.63, 3.8) is 0 Å². The summed E-state index contributed by atoms with van der Waals surface area (Å²) in [5, 5.41) is 11.0. The minimum absolute atomic E-state index is 0.0257. The molecule has 2 heterocycles. The monoisotopic (exact) mass is 425 g/mol. The number of nitrogens with two attached hydrogens (primary N) is 2. The molecule has 2 aliphatic rings. The standard InChI is InChI=1S/C20H19F4N3O3/c1-18(17(26)28)8-30-16-10(18)5-14(20(29,7-25)19(24)2-3-19)27-15(16)9-4-12(22)13(23)6-11(9)21/h4-6,29H,2-3,7-8,25H2,1H3,(H2,26,28)/t18-,20-/m0/s1. The van der Waals surface area contributed by atoms with Gasteiger partial charge < -0.3 is 21.3 Å². The predicted octanol–water partition coefficient (Wildman–Crippen LogP) is 1.95. The fraction of sp³-hybridized carbons (Fsp3) is 0.400. The molecule has 160 valence electrons. The van der Waals surface area contributed by atoms with E-state index in [1.54, 1.807) is 0 Å². The fourth-order valence-electron chi connectivity index (χ4n) is 3.73. The summed E-state index contributed by atoms with van der Waals surface area (Å²) in [6, 6.07) is 2.16. The number of pyridine rings is 1. The van der Waals surface area contributed by atoms with E-state index in [1.165, 1.54) is 13.0 Å². The second-order valence-corrected chi connectivity index (χ2v) is 7.99. The summed E-state index contributed by atoms with van der Waals surface area (Å²) in [5.74, 6) is -4.79.